The van der Waals surface area contributed by atoms with Crippen molar-refractivity contribution in [3.63, 3.8) is 0 Å². The molecule has 0 atom stereocenters. The van der Waals surface area contributed by atoms with Gasteiger partial charge in [-0.05, 0) is 44.9 Å². The first-order chi connectivity index (χ1) is 15.6. The Morgan fingerprint density at radius 3 is 2.53 bits per heavy atom. The fourth-order valence-electron chi connectivity index (χ4n) is 4.24. The third-order valence-electron chi connectivity index (χ3n) is 6.09. The second-order valence-electron chi connectivity index (χ2n) is 8.24. The summed E-state index contributed by atoms with van der Waals surface area (Å²) in [5.74, 6) is 0.666. The Hall–Kier alpha value is -2.55. The molecule has 0 aromatic heterocycles. The van der Waals surface area contributed by atoms with E-state index in [-0.39, 0.29) is 11.9 Å². The number of likely N-dealkylation sites (tertiary alicyclic amines) is 1. The number of hydrogen-bond acceptors (Lipinski definition) is 5. The first-order valence-electron chi connectivity index (χ1n) is 11.7. The number of benzene rings is 1. The van der Waals surface area contributed by atoms with E-state index in [1.807, 2.05) is 19.1 Å². The number of halogens is 1. The van der Waals surface area contributed by atoms with Gasteiger partial charge in [0, 0.05) is 58.9 Å². The van der Waals surface area contributed by atoms with Crippen LogP contribution in [0.4, 0.5) is 14.9 Å². The predicted molar refractivity (Wildman–Crippen MR) is 126 cm³/mol. The van der Waals surface area contributed by atoms with E-state index in [0.717, 1.165) is 64.5 Å². The third-order valence-corrected chi connectivity index (χ3v) is 6.09. The smallest absolute Gasteiger partial charge is 0.409 e. The van der Waals surface area contributed by atoms with Crippen LogP contribution in [0.1, 0.15) is 26.2 Å². The largest absolute Gasteiger partial charge is 0.450 e. The summed E-state index contributed by atoms with van der Waals surface area (Å²) in [4.78, 5) is 22.5. The van der Waals surface area contributed by atoms with Crippen molar-refractivity contribution in [3.05, 3.63) is 30.1 Å². The topological polar surface area (TPSA) is 72.4 Å². The van der Waals surface area contributed by atoms with E-state index in [0.29, 0.717) is 31.4 Å². The monoisotopic (exact) mass is 448 g/mol. The maximum atomic E-state index is 14.0. The average molecular weight is 449 g/mol. The van der Waals surface area contributed by atoms with Crippen LogP contribution < -0.4 is 15.5 Å². The first-order valence-corrected chi connectivity index (χ1v) is 11.7. The summed E-state index contributed by atoms with van der Waals surface area (Å²) in [7, 11) is 1.78. The number of para-hydroxylation sites is 1. The molecule has 1 aromatic carbocycles. The van der Waals surface area contributed by atoms with Crippen LogP contribution in [-0.4, -0.2) is 93.9 Å². The molecule has 2 aliphatic heterocycles. The van der Waals surface area contributed by atoms with E-state index in [1.165, 1.54) is 6.07 Å². The summed E-state index contributed by atoms with van der Waals surface area (Å²) in [5, 5.41) is 6.87. The van der Waals surface area contributed by atoms with E-state index in [2.05, 4.69) is 25.4 Å². The summed E-state index contributed by atoms with van der Waals surface area (Å²) in [6.45, 7) is 9.08. The van der Waals surface area contributed by atoms with Crippen LogP contribution in [-0.2, 0) is 4.74 Å². The number of carbonyl (C=O) groups is 1. The van der Waals surface area contributed by atoms with E-state index >= 15 is 0 Å². The van der Waals surface area contributed by atoms with Gasteiger partial charge in [0.05, 0.1) is 12.3 Å². The Balaban J connectivity index is 1.29. The van der Waals surface area contributed by atoms with Crippen LogP contribution >= 0.6 is 0 Å². The lowest BCUT2D eigenvalue weighted by Crippen LogP contribution is -2.50. The highest BCUT2D eigenvalue weighted by Gasteiger charge is 2.24. The van der Waals surface area contributed by atoms with Crippen LogP contribution in [0.25, 0.3) is 0 Å². The molecule has 8 nitrogen and oxygen atoms in total. The number of carbonyl (C=O) groups excluding carboxylic acids is 1. The standard InChI is InChI=1S/C23H37FN6O2/c1-3-32-23(31)30-13-9-19(10-14-30)27-22(25-2)26-11-6-12-28-15-17-29(18-16-28)21-8-5-4-7-20(21)24/h4-5,7-8,19H,3,6,9-18H2,1-2H3,(H2,25,26,27). The van der Waals surface area contributed by atoms with Crippen molar-refractivity contribution in [2.24, 2.45) is 4.99 Å². The van der Waals surface area contributed by atoms with Crippen molar-refractivity contribution in [2.75, 3.05) is 70.9 Å². The van der Waals surface area contributed by atoms with E-state index in [9.17, 15) is 9.18 Å². The van der Waals surface area contributed by atoms with Gasteiger partial charge < -0.3 is 25.2 Å². The number of ether oxygens (including phenoxy) is 1. The van der Waals surface area contributed by atoms with E-state index in [4.69, 9.17) is 4.74 Å². The van der Waals surface area contributed by atoms with Gasteiger partial charge in [0.25, 0.3) is 0 Å². The number of amides is 1. The van der Waals surface area contributed by atoms with Crippen molar-refractivity contribution >= 4 is 17.7 Å². The molecule has 2 fully saturated rings. The van der Waals surface area contributed by atoms with Crippen molar-refractivity contribution in [3.8, 4) is 0 Å². The Morgan fingerprint density at radius 1 is 1.16 bits per heavy atom. The highest BCUT2D eigenvalue weighted by atomic mass is 19.1. The molecule has 0 bridgehead atoms. The molecule has 178 valence electrons. The second-order valence-corrected chi connectivity index (χ2v) is 8.24. The highest BCUT2D eigenvalue weighted by molar-refractivity contribution is 5.80. The number of piperidine rings is 1. The number of nitrogens with zero attached hydrogens (tertiary/aromatic N) is 4. The molecule has 2 heterocycles. The lowest BCUT2D eigenvalue weighted by atomic mass is 10.1. The zero-order chi connectivity index (χ0) is 22.8. The first kappa shape index (κ1) is 24.1. The van der Waals surface area contributed by atoms with Crippen LogP contribution in [0, 0.1) is 5.82 Å². The Morgan fingerprint density at radius 2 is 1.88 bits per heavy atom. The minimum Gasteiger partial charge on any atom is -0.450 e. The molecule has 0 unspecified atom stereocenters. The normalized spacial score (nSPS) is 18.5. The van der Waals surface area contributed by atoms with Crippen molar-refractivity contribution in [1.29, 1.82) is 0 Å². The van der Waals surface area contributed by atoms with Gasteiger partial charge >= 0.3 is 6.09 Å². The van der Waals surface area contributed by atoms with E-state index < -0.39 is 0 Å². The molecule has 0 saturated carbocycles. The maximum absolute atomic E-state index is 14.0. The van der Waals surface area contributed by atoms with Gasteiger partial charge in [-0.1, -0.05) is 12.1 Å². The lowest BCUT2D eigenvalue weighted by molar-refractivity contribution is 0.0963. The Bertz CT molecular complexity index is 746. The molecular weight excluding hydrogens is 411 g/mol. The van der Waals surface area contributed by atoms with Crippen LogP contribution in [0.3, 0.4) is 0 Å². The molecular formula is C23H37FN6O2. The van der Waals surface area contributed by atoms with Gasteiger partial charge in [-0.25, -0.2) is 9.18 Å². The summed E-state index contributed by atoms with van der Waals surface area (Å²) in [6, 6.07) is 7.31. The fourth-order valence-corrected chi connectivity index (χ4v) is 4.24. The maximum Gasteiger partial charge on any atom is 0.409 e. The quantitative estimate of drug-likeness (QED) is 0.378. The average Bonchev–Trinajstić information content (AvgIpc) is 2.82. The molecule has 9 heteroatoms. The van der Waals surface area contributed by atoms with E-state index in [1.54, 1.807) is 18.0 Å². The van der Waals surface area contributed by atoms with Gasteiger partial charge in [-0.2, -0.15) is 0 Å². The molecule has 2 N–H and O–H groups in total. The van der Waals surface area contributed by atoms with Gasteiger partial charge in [0.1, 0.15) is 5.82 Å². The lowest BCUT2D eigenvalue weighted by Gasteiger charge is -2.36. The van der Waals surface area contributed by atoms with Gasteiger partial charge in [0.2, 0.25) is 0 Å². The molecule has 32 heavy (non-hydrogen) atoms. The fraction of sp³-hybridized carbons (Fsp3) is 0.652. The number of guanidine groups is 1. The molecule has 0 radical (unpaired) electrons. The summed E-state index contributed by atoms with van der Waals surface area (Å²) >= 11 is 0. The number of rotatable bonds is 7. The molecule has 2 aliphatic rings. The predicted octanol–water partition coefficient (Wildman–Crippen LogP) is 2.12. The second kappa shape index (κ2) is 12.5. The van der Waals surface area contributed by atoms with Gasteiger partial charge in [0.15, 0.2) is 5.96 Å². The SMILES string of the molecule is CCOC(=O)N1CCC(NC(=NC)NCCCN2CCN(c3ccccc3F)CC2)CC1. The van der Waals surface area contributed by atoms with Gasteiger partial charge in [-0.15, -0.1) is 0 Å². The van der Waals surface area contributed by atoms with Crippen LogP contribution in [0.5, 0.6) is 0 Å². The molecule has 1 aromatic rings. The summed E-state index contributed by atoms with van der Waals surface area (Å²) in [5.41, 5.74) is 0.705. The highest BCUT2D eigenvalue weighted by Crippen LogP contribution is 2.20. The molecule has 2 saturated heterocycles. The van der Waals surface area contributed by atoms with Crippen LogP contribution in [0.2, 0.25) is 0 Å². The molecule has 0 spiro atoms. The van der Waals surface area contributed by atoms with Crippen molar-refractivity contribution < 1.29 is 13.9 Å². The summed E-state index contributed by atoms with van der Waals surface area (Å²) in [6.07, 6.45) is 2.56. The third kappa shape index (κ3) is 6.98. The number of nitrogens with one attached hydrogen (secondary N) is 2. The number of piperazine rings is 1. The molecule has 1 amide bonds. The number of hydrogen-bond donors (Lipinski definition) is 2. The summed E-state index contributed by atoms with van der Waals surface area (Å²) < 4.78 is 19.1. The van der Waals surface area contributed by atoms with Gasteiger partial charge in [-0.3, -0.25) is 9.89 Å². The Kier molecular flexibility index (Phi) is 9.40. The van der Waals surface area contributed by atoms with Crippen molar-refractivity contribution in [2.45, 2.75) is 32.2 Å². The minimum absolute atomic E-state index is 0.143. The zero-order valence-corrected chi connectivity index (χ0v) is 19.4. The number of anilines is 1. The molecule has 3 rings (SSSR count). The minimum atomic E-state index is -0.219. The Labute approximate surface area is 190 Å². The van der Waals surface area contributed by atoms with Crippen LogP contribution in [0.15, 0.2) is 29.3 Å². The zero-order valence-electron chi connectivity index (χ0n) is 19.4. The molecule has 0 aliphatic carbocycles. The number of aliphatic imine (C=N–C) groups is 1. The van der Waals surface area contributed by atoms with Crippen molar-refractivity contribution in [1.82, 2.24) is 20.4 Å².